The number of carboxylic acids is 1. The Morgan fingerprint density at radius 1 is 1.33 bits per heavy atom. The van der Waals surface area contributed by atoms with E-state index in [4.69, 9.17) is 0 Å². The van der Waals surface area contributed by atoms with Crippen LogP contribution >= 0.6 is 0 Å². The van der Waals surface area contributed by atoms with E-state index in [1.165, 1.54) is 0 Å². The molecule has 5 nitrogen and oxygen atoms in total. The first-order valence-electron chi connectivity index (χ1n) is 7.33. The van der Waals surface area contributed by atoms with Gasteiger partial charge in [0.2, 0.25) is 5.91 Å². The molecule has 21 heavy (non-hydrogen) atoms. The Kier molecular flexibility index (Phi) is 3.45. The van der Waals surface area contributed by atoms with Gasteiger partial charge in [-0.3, -0.25) is 4.79 Å². The van der Waals surface area contributed by atoms with Crippen LogP contribution in [0.4, 0.5) is 0 Å². The molecular formula is C16H20N2O3. The van der Waals surface area contributed by atoms with Crippen LogP contribution in [0.3, 0.4) is 0 Å². The lowest BCUT2D eigenvalue weighted by Crippen LogP contribution is -2.53. The van der Waals surface area contributed by atoms with Gasteiger partial charge in [-0.25, -0.2) is 4.79 Å². The maximum absolute atomic E-state index is 12.9. The van der Waals surface area contributed by atoms with Gasteiger partial charge in [0, 0.05) is 19.5 Å². The van der Waals surface area contributed by atoms with Crippen LogP contribution in [0, 0.1) is 5.41 Å². The van der Waals surface area contributed by atoms with Gasteiger partial charge in [-0.05, 0) is 31.0 Å². The monoisotopic (exact) mass is 288 g/mol. The molecule has 0 aromatic heterocycles. The number of nitrogens with zero attached hydrogens (tertiary/aromatic N) is 1. The van der Waals surface area contributed by atoms with Crippen molar-refractivity contribution in [1.29, 1.82) is 0 Å². The molecule has 0 saturated carbocycles. The Hall–Kier alpha value is -1.88. The molecule has 2 aliphatic rings. The number of hydrogen-bond acceptors (Lipinski definition) is 3. The summed E-state index contributed by atoms with van der Waals surface area (Å²) in [6.45, 7) is 3.75. The Morgan fingerprint density at radius 3 is 2.67 bits per heavy atom. The SMILES string of the molecule is CC1(C(=O)N2Cc3ccccc3C[C@H]2C(=O)O)CCNC1. The number of carbonyl (C=O) groups is 2. The molecule has 0 radical (unpaired) electrons. The zero-order valence-corrected chi connectivity index (χ0v) is 12.1. The third kappa shape index (κ3) is 2.42. The molecule has 0 spiro atoms. The highest BCUT2D eigenvalue weighted by molar-refractivity contribution is 5.88. The highest BCUT2D eigenvalue weighted by Crippen LogP contribution is 2.32. The van der Waals surface area contributed by atoms with E-state index < -0.39 is 17.4 Å². The number of rotatable bonds is 2. The predicted molar refractivity (Wildman–Crippen MR) is 77.7 cm³/mol. The van der Waals surface area contributed by atoms with Gasteiger partial charge in [-0.1, -0.05) is 24.3 Å². The quantitative estimate of drug-likeness (QED) is 0.852. The highest BCUT2D eigenvalue weighted by atomic mass is 16.4. The number of aliphatic carboxylic acids is 1. The number of nitrogens with one attached hydrogen (secondary N) is 1. The summed E-state index contributed by atoms with van der Waals surface area (Å²) < 4.78 is 0. The molecule has 1 amide bonds. The zero-order chi connectivity index (χ0) is 15.0. The Morgan fingerprint density at radius 2 is 2.05 bits per heavy atom. The van der Waals surface area contributed by atoms with E-state index >= 15 is 0 Å². The van der Waals surface area contributed by atoms with Crippen molar-refractivity contribution in [2.24, 2.45) is 5.41 Å². The minimum absolute atomic E-state index is 0.0468. The molecule has 2 N–H and O–H groups in total. The topological polar surface area (TPSA) is 69.6 Å². The molecular weight excluding hydrogens is 268 g/mol. The van der Waals surface area contributed by atoms with Crippen LogP contribution in [0.15, 0.2) is 24.3 Å². The summed E-state index contributed by atoms with van der Waals surface area (Å²) in [4.78, 5) is 26.0. The molecule has 1 unspecified atom stereocenters. The molecule has 2 atom stereocenters. The fourth-order valence-corrected chi connectivity index (χ4v) is 3.30. The van der Waals surface area contributed by atoms with E-state index in [2.05, 4.69) is 5.32 Å². The van der Waals surface area contributed by atoms with Crippen LogP contribution in [0.25, 0.3) is 0 Å². The lowest BCUT2D eigenvalue weighted by molar-refractivity contribution is -0.155. The van der Waals surface area contributed by atoms with Crippen molar-refractivity contribution in [3.8, 4) is 0 Å². The molecule has 0 aliphatic carbocycles. The van der Waals surface area contributed by atoms with Crippen LogP contribution < -0.4 is 5.32 Å². The maximum Gasteiger partial charge on any atom is 0.326 e. The van der Waals surface area contributed by atoms with E-state index in [1.54, 1.807) is 4.90 Å². The van der Waals surface area contributed by atoms with E-state index in [0.717, 1.165) is 24.1 Å². The second-order valence-corrected chi connectivity index (χ2v) is 6.25. The second kappa shape index (κ2) is 5.15. The first-order valence-corrected chi connectivity index (χ1v) is 7.33. The second-order valence-electron chi connectivity index (χ2n) is 6.25. The van der Waals surface area contributed by atoms with Gasteiger partial charge in [0.25, 0.3) is 0 Å². The van der Waals surface area contributed by atoms with Crippen LogP contribution in [-0.2, 0) is 22.6 Å². The standard InChI is InChI=1S/C16H20N2O3/c1-16(6-7-17-10-16)15(21)18-9-12-5-3-2-4-11(12)8-13(18)14(19)20/h2-5,13,17H,6-10H2,1H3,(H,19,20)/t13-,16?/m0/s1. The van der Waals surface area contributed by atoms with Crippen molar-refractivity contribution < 1.29 is 14.7 Å². The molecule has 1 aromatic carbocycles. The Bertz CT molecular complexity index is 579. The normalized spacial score (nSPS) is 28.2. The minimum Gasteiger partial charge on any atom is -0.480 e. The van der Waals surface area contributed by atoms with Crippen molar-refractivity contribution >= 4 is 11.9 Å². The molecule has 112 valence electrons. The Labute approximate surface area is 123 Å². The summed E-state index contributed by atoms with van der Waals surface area (Å²) in [6, 6.07) is 7.01. The summed E-state index contributed by atoms with van der Waals surface area (Å²) in [5, 5.41) is 12.7. The Balaban J connectivity index is 1.92. The molecule has 2 heterocycles. The fourth-order valence-electron chi connectivity index (χ4n) is 3.30. The smallest absolute Gasteiger partial charge is 0.326 e. The third-order valence-electron chi connectivity index (χ3n) is 4.68. The molecule has 1 fully saturated rings. The van der Waals surface area contributed by atoms with Gasteiger partial charge >= 0.3 is 5.97 Å². The van der Waals surface area contributed by atoms with Crippen LogP contribution in [0.1, 0.15) is 24.5 Å². The van der Waals surface area contributed by atoms with E-state index in [0.29, 0.717) is 19.5 Å². The predicted octanol–water partition coefficient (Wildman–Crippen LogP) is 1.02. The fraction of sp³-hybridized carbons (Fsp3) is 0.500. The average molecular weight is 288 g/mol. The van der Waals surface area contributed by atoms with Gasteiger partial charge in [0.05, 0.1) is 5.41 Å². The van der Waals surface area contributed by atoms with Gasteiger partial charge in [-0.15, -0.1) is 0 Å². The van der Waals surface area contributed by atoms with E-state index in [9.17, 15) is 14.7 Å². The molecule has 1 saturated heterocycles. The molecule has 1 aromatic rings. The van der Waals surface area contributed by atoms with Crippen LogP contribution in [-0.4, -0.2) is 41.0 Å². The molecule has 5 heteroatoms. The third-order valence-corrected chi connectivity index (χ3v) is 4.68. The van der Waals surface area contributed by atoms with Crippen molar-refractivity contribution in [3.63, 3.8) is 0 Å². The number of carbonyl (C=O) groups excluding carboxylic acids is 1. The van der Waals surface area contributed by atoms with Crippen molar-refractivity contribution in [2.75, 3.05) is 13.1 Å². The number of hydrogen-bond donors (Lipinski definition) is 2. The van der Waals surface area contributed by atoms with Crippen LogP contribution in [0.2, 0.25) is 0 Å². The zero-order valence-electron chi connectivity index (χ0n) is 12.1. The minimum atomic E-state index is -0.924. The molecule has 3 rings (SSSR count). The number of carboxylic acid groups (broad SMARTS) is 1. The first-order chi connectivity index (χ1) is 10.0. The lowest BCUT2D eigenvalue weighted by atomic mass is 9.85. The first kappa shape index (κ1) is 14.1. The van der Waals surface area contributed by atoms with Crippen LogP contribution in [0.5, 0.6) is 0 Å². The van der Waals surface area contributed by atoms with Crippen molar-refractivity contribution in [2.45, 2.75) is 32.4 Å². The molecule has 0 bridgehead atoms. The van der Waals surface area contributed by atoms with Gasteiger partial charge in [0.1, 0.15) is 6.04 Å². The summed E-state index contributed by atoms with van der Waals surface area (Å²) in [6.07, 6.45) is 1.15. The van der Waals surface area contributed by atoms with Gasteiger partial charge in [0.15, 0.2) is 0 Å². The lowest BCUT2D eigenvalue weighted by Gasteiger charge is -2.38. The average Bonchev–Trinajstić information content (AvgIpc) is 2.93. The summed E-state index contributed by atoms with van der Waals surface area (Å²) in [5.74, 6) is -0.971. The van der Waals surface area contributed by atoms with Crippen molar-refractivity contribution in [1.82, 2.24) is 10.2 Å². The summed E-state index contributed by atoms with van der Waals surface area (Å²) in [5.41, 5.74) is 1.60. The summed E-state index contributed by atoms with van der Waals surface area (Å²) in [7, 11) is 0. The summed E-state index contributed by atoms with van der Waals surface area (Å²) >= 11 is 0. The van der Waals surface area contributed by atoms with Gasteiger partial charge in [-0.2, -0.15) is 0 Å². The number of benzene rings is 1. The van der Waals surface area contributed by atoms with Gasteiger partial charge < -0.3 is 15.3 Å². The maximum atomic E-state index is 12.9. The van der Waals surface area contributed by atoms with E-state index in [1.807, 2.05) is 31.2 Å². The van der Waals surface area contributed by atoms with Crippen molar-refractivity contribution in [3.05, 3.63) is 35.4 Å². The highest BCUT2D eigenvalue weighted by Gasteiger charge is 2.44. The largest absolute Gasteiger partial charge is 0.480 e. The molecule has 2 aliphatic heterocycles. The number of fused-ring (bicyclic) bond motifs is 1. The number of amides is 1. The van der Waals surface area contributed by atoms with E-state index in [-0.39, 0.29) is 5.91 Å².